The van der Waals surface area contributed by atoms with E-state index in [0.29, 0.717) is 33.4 Å². The largest absolute Gasteiger partial charge is 0.292 e. The molecule has 0 spiro atoms. The smallest absolute Gasteiger partial charge is 0.262 e. The van der Waals surface area contributed by atoms with Gasteiger partial charge in [0.2, 0.25) is 0 Å². The van der Waals surface area contributed by atoms with E-state index < -0.39 is 0 Å². The molecule has 2 heterocycles. The summed E-state index contributed by atoms with van der Waals surface area (Å²) in [5.74, 6) is 0.610. The van der Waals surface area contributed by atoms with Crippen molar-refractivity contribution in [1.29, 1.82) is 0 Å². The number of hydrogen-bond acceptors (Lipinski definition) is 5. The van der Waals surface area contributed by atoms with Gasteiger partial charge in [0.25, 0.3) is 5.56 Å². The second-order valence-corrected chi connectivity index (χ2v) is 9.44. The molecule has 0 aliphatic carbocycles. The molecule has 2 aromatic heterocycles. The molecule has 0 saturated carbocycles. The number of thioether (sulfide) groups is 1. The molecule has 0 bridgehead atoms. The maximum Gasteiger partial charge on any atom is 0.262 e. The highest BCUT2D eigenvalue weighted by Gasteiger charge is 2.15. The summed E-state index contributed by atoms with van der Waals surface area (Å²) < 4.78 is 2.62. The van der Waals surface area contributed by atoms with Crippen molar-refractivity contribution in [2.45, 2.75) is 25.5 Å². The molecule has 130 valence electrons. The number of fused-ring (bicyclic) bond motifs is 1. The summed E-state index contributed by atoms with van der Waals surface area (Å²) in [6.07, 6.45) is 0. The number of carbonyl (C=O) groups is 1. The minimum absolute atomic E-state index is 0.0409. The average molecular weight is 437 g/mol. The molecule has 0 fully saturated rings. The third kappa shape index (κ3) is 4.22. The Morgan fingerprint density at radius 1 is 1.28 bits per heavy atom. The van der Waals surface area contributed by atoms with Gasteiger partial charge in [0.15, 0.2) is 10.9 Å². The summed E-state index contributed by atoms with van der Waals surface area (Å²) in [7, 11) is 0. The lowest BCUT2D eigenvalue weighted by molar-refractivity contribution is 0.102. The molecule has 0 saturated heterocycles. The van der Waals surface area contributed by atoms with E-state index in [2.05, 4.69) is 34.8 Å². The predicted molar refractivity (Wildman–Crippen MR) is 108 cm³/mol. The van der Waals surface area contributed by atoms with Gasteiger partial charge in [0.05, 0.1) is 25.3 Å². The lowest BCUT2D eigenvalue weighted by atomic mass is 10.2. The number of rotatable bonds is 6. The molecule has 3 rings (SSSR count). The first-order chi connectivity index (χ1) is 12.0. The highest BCUT2D eigenvalue weighted by molar-refractivity contribution is 9.11. The second kappa shape index (κ2) is 7.85. The van der Waals surface area contributed by atoms with Gasteiger partial charge in [-0.3, -0.25) is 14.2 Å². The maximum absolute atomic E-state index is 12.8. The SMILES string of the molecule is CC(C)Cn1c(SCC(=O)c2ccc(Br)s2)nc2ccccc2c1=O. The number of thiophene rings is 1. The molecular formula is C18H17BrN2O2S2. The van der Waals surface area contributed by atoms with Gasteiger partial charge < -0.3 is 0 Å². The van der Waals surface area contributed by atoms with Gasteiger partial charge in [-0.15, -0.1) is 11.3 Å². The summed E-state index contributed by atoms with van der Waals surface area (Å²) in [5.41, 5.74) is 0.620. The van der Waals surface area contributed by atoms with Crippen molar-refractivity contribution < 1.29 is 4.79 Å². The lowest BCUT2D eigenvalue weighted by Crippen LogP contribution is -2.25. The number of aromatic nitrogens is 2. The zero-order valence-electron chi connectivity index (χ0n) is 13.9. The van der Waals surface area contributed by atoms with Crippen LogP contribution in [-0.2, 0) is 6.54 Å². The molecular weight excluding hydrogens is 420 g/mol. The van der Waals surface area contributed by atoms with E-state index >= 15 is 0 Å². The number of benzene rings is 1. The molecule has 3 aromatic rings. The maximum atomic E-state index is 12.8. The van der Waals surface area contributed by atoms with Crippen LogP contribution in [-0.4, -0.2) is 21.1 Å². The van der Waals surface area contributed by atoms with E-state index in [1.165, 1.54) is 23.1 Å². The molecule has 0 N–H and O–H groups in total. The topological polar surface area (TPSA) is 52.0 Å². The number of carbonyl (C=O) groups excluding carboxylic acids is 1. The minimum atomic E-state index is -0.0480. The average Bonchev–Trinajstić information content (AvgIpc) is 3.02. The van der Waals surface area contributed by atoms with Crippen LogP contribution in [0.15, 0.2) is 50.1 Å². The fourth-order valence-corrected chi connectivity index (χ4v) is 4.76. The first-order valence-corrected chi connectivity index (χ1v) is 10.5. The van der Waals surface area contributed by atoms with Gasteiger partial charge >= 0.3 is 0 Å². The summed E-state index contributed by atoms with van der Waals surface area (Å²) in [4.78, 5) is 30.5. The fraction of sp³-hybridized carbons (Fsp3) is 0.278. The zero-order chi connectivity index (χ0) is 18.0. The Kier molecular flexibility index (Phi) is 5.76. The van der Waals surface area contributed by atoms with Crippen LogP contribution >= 0.6 is 39.0 Å². The molecule has 4 nitrogen and oxygen atoms in total. The van der Waals surface area contributed by atoms with E-state index in [1.54, 1.807) is 10.6 Å². The van der Waals surface area contributed by atoms with Gasteiger partial charge in [-0.1, -0.05) is 37.7 Å². The fourth-order valence-electron chi connectivity index (χ4n) is 2.45. The van der Waals surface area contributed by atoms with E-state index in [-0.39, 0.29) is 17.1 Å². The Labute approximate surface area is 162 Å². The summed E-state index contributed by atoms with van der Waals surface area (Å²) in [6, 6.07) is 11.0. The summed E-state index contributed by atoms with van der Waals surface area (Å²) in [5, 5.41) is 1.21. The molecule has 1 aromatic carbocycles. The minimum Gasteiger partial charge on any atom is -0.292 e. The van der Waals surface area contributed by atoms with Crippen LogP contribution in [0.3, 0.4) is 0 Å². The zero-order valence-corrected chi connectivity index (χ0v) is 17.1. The van der Waals surface area contributed by atoms with Crippen molar-refractivity contribution in [3.63, 3.8) is 0 Å². The Morgan fingerprint density at radius 3 is 2.72 bits per heavy atom. The van der Waals surface area contributed by atoms with Crippen LogP contribution in [0.4, 0.5) is 0 Å². The van der Waals surface area contributed by atoms with Gasteiger partial charge in [0.1, 0.15) is 0 Å². The van der Waals surface area contributed by atoms with Crippen molar-refractivity contribution in [3.05, 3.63) is 55.4 Å². The standard InChI is InChI=1S/C18H17BrN2O2S2/c1-11(2)9-21-17(23)12-5-3-4-6-13(12)20-18(21)24-10-14(22)15-7-8-16(19)25-15/h3-8,11H,9-10H2,1-2H3. The number of para-hydroxylation sites is 1. The van der Waals surface area contributed by atoms with Gasteiger partial charge in [-0.2, -0.15) is 0 Å². The van der Waals surface area contributed by atoms with Gasteiger partial charge in [-0.25, -0.2) is 4.98 Å². The van der Waals surface area contributed by atoms with Gasteiger partial charge in [0, 0.05) is 6.54 Å². The van der Waals surface area contributed by atoms with Crippen LogP contribution in [0.2, 0.25) is 0 Å². The summed E-state index contributed by atoms with van der Waals surface area (Å²) in [6.45, 7) is 4.70. The van der Waals surface area contributed by atoms with Crippen molar-refractivity contribution in [2.75, 3.05) is 5.75 Å². The van der Waals surface area contributed by atoms with E-state index in [4.69, 9.17) is 0 Å². The van der Waals surface area contributed by atoms with Crippen LogP contribution in [0.25, 0.3) is 10.9 Å². The monoisotopic (exact) mass is 436 g/mol. The van der Waals surface area contributed by atoms with E-state index in [0.717, 1.165) is 3.79 Å². The molecule has 0 unspecified atom stereocenters. The number of ketones is 1. The highest BCUT2D eigenvalue weighted by atomic mass is 79.9. The third-order valence-corrected chi connectivity index (χ3v) is 6.20. The van der Waals surface area contributed by atoms with E-state index in [1.807, 2.05) is 30.3 Å². The van der Waals surface area contributed by atoms with Crippen molar-refractivity contribution in [2.24, 2.45) is 5.92 Å². The second-order valence-electron chi connectivity index (χ2n) is 6.04. The van der Waals surface area contributed by atoms with Crippen LogP contribution < -0.4 is 5.56 Å². The first kappa shape index (κ1) is 18.4. The molecule has 0 aliphatic rings. The van der Waals surface area contributed by atoms with Crippen LogP contribution in [0.1, 0.15) is 23.5 Å². The molecule has 0 atom stereocenters. The van der Waals surface area contributed by atoms with Gasteiger partial charge in [-0.05, 0) is 46.1 Å². The lowest BCUT2D eigenvalue weighted by Gasteiger charge is -2.14. The van der Waals surface area contributed by atoms with Crippen molar-refractivity contribution >= 4 is 55.7 Å². The predicted octanol–water partition coefficient (Wildman–Crippen LogP) is 4.85. The Morgan fingerprint density at radius 2 is 2.04 bits per heavy atom. The quantitative estimate of drug-likeness (QED) is 0.314. The molecule has 7 heteroatoms. The van der Waals surface area contributed by atoms with Crippen LogP contribution in [0, 0.1) is 5.92 Å². The normalized spacial score (nSPS) is 11.4. The van der Waals surface area contributed by atoms with E-state index in [9.17, 15) is 9.59 Å². The Hall–Kier alpha value is -1.44. The van der Waals surface area contributed by atoms with Crippen molar-refractivity contribution in [3.8, 4) is 0 Å². The first-order valence-electron chi connectivity index (χ1n) is 7.86. The summed E-state index contributed by atoms with van der Waals surface area (Å²) >= 11 is 6.11. The number of nitrogens with zero attached hydrogens (tertiary/aromatic N) is 2. The van der Waals surface area contributed by atoms with Crippen LogP contribution in [0.5, 0.6) is 0 Å². The molecule has 0 aliphatic heterocycles. The number of halogens is 1. The number of hydrogen-bond donors (Lipinski definition) is 0. The van der Waals surface area contributed by atoms with Crippen molar-refractivity contribution in [1.82, 2.24) is 9.55 Å². The molecule has 0 radical (unpaired) electrons. The Balaban J connectivity index is 1.93. The third-order valence-electron chi connectivity index (χ3n) is 3.55. The molecule has 25 heavy (non-hydrogen) atoms. The molecule has 0 amide bonds. The highest BCUT2D eigenvalue weighted by Crippen LogP contribution is 2.25. The Bertz CT molecular complexity index is 979. The number of Topliss-reactive ketones (excluding diaryl/α,β-unsaturated/α-hetero) is 1.